The third-order valence-corrected chi connectivity index (χ3v) is 5.05. The van der Waals surface area contributed by atoms with Crippen molar-refractivity contribution in [2.75, 3.05) is 38.2 Å². The number of benzene rings is 1. The number of hydrogen-bond acceptors (Lipinski definition) is 7. The minimum absolute atomic E-state index is 0.0270. The summed E-state index contributed by atoms with van der Waals surface area (Å²) < 4.78 is 7.36. The lowest BCUT2D eigenvalue weighted by atomic mass is 10.2. The van der Waals surface area contributed by atoms with E-state index >= 15 is 0 Å². The van der Waals surface area contributed by atoms with Crippen LogP contribution >= 0.6 is 0 Å². The summed E-state index contributed by atoms with van der Waals surface area (Å²) in [6.45, 7) is 8.47. The number of imidazole rings is 1. The second-order valence-electron chi connectivity index (χ2n) is 7.50. The lowest BCUT2D eigenvalue weighted by Crippen LogP contribution is -2.21. The van der Waals surface area contributed by atoms with Crippen molar-refractivity contribution in [2.45, 2.75) is 39.8 Å². The highest BCUT2D eigenvalue weighted by atomic mass is 16.5. The Labute approximate surface area is 183 Å². The molecule has 8 heteroatoms. The van der Waals surface area contributed by atoms with Crippen molar-refractivity contribution in [3.8, 4) is 5.75 Å². The number of rotatable bonds is 13. The number of aryl methyl sites for hydroxylation is 1. The summed E-state index contributed by atoms with van der Waals surface area (Å²) in [5.74, 6) is 0.894. The van der Waals surface area contributed by atoms with Crippen LogP contribution in [0.5, 0.6) is 5.75 Å². The fraction of sp³-hybridized carbons (Fsp3) is 0.478. The Balaban J connectivity index is 1.68. The lowest BCUT2D eigenvalue weighted by molar-refractivity contribution is 0.145. The molecule has 0 atom stereocenters. The van der Waals surface area contributed by atoms with Crippen molar-refractivity contribution in [3.63, 3.8) is 0 Å². The van der Waals surface area contributed by atoms with E-state index in [1.165, 1.54) is 0 Å². The molecule has 0 amide bonds. The Morgan fingerprint density at radius 3 is 2.71 bits per heavy atom. The van der Waals surface area contributed by atoms with Gasteiger partial charge in [-0.3, -0.25) is 4.98 Å². The maximum Gasteiger partial charge on any atom is 0.204 e. The molecule has 0 aliphatic rings. The van der Waals surface area contributed by atoms with E-state index in [1.807, 2.05) is 36.6 Å². The second kappa shape index (κ2) is 11.6. The Morgan fingerprint density at radius 1 is 1.06 bits per heavy atom. The number of aromatic nitrogens is 3. The summed E-state index contributed by atoms with van der Waals surface area (Å²) >= 11 is 0. The van der Waals surface area contributed by atoms with Gasteiger partial charge in [-0.2, -0.15) is 0 Å². The summed E-state index contributed by atoms with van der Waals surface area (Å²) in [4.78, 5) is 9.23. The van der Waals surface area contributed by atoms with Crippen LogP contribution in [0.3, 0.4) is 0 Å². The molecular formula is C23H33N5O3. The number of anilines is 1. The Hall–Kier alpha value is -2.68. The third kappa shape index (κ3) is 6.40. The van der Waals surface area contributed by atoms with Crippen molar-refractivity contribution in [1.29, 1.82) is 0 Å². The van der Waals surface area contributed by atoms with Crippen LogP contribution in [-0.4, -0.2) is 57.6 Å². The molecule has 0 aliphatic carbocycles. The van der Waals surface area contributed by atoms with E-state index in [0.717, 1.165) is 73.9 Å². The summed E-state index contributed by atoms with van der Waals surface area (Å²) in [6.07, 6.45) is 1.96. The number of aromatic hydroxyl groups is 1. The van der Waals surface area contributed by atoms with E-state index in [9.17, 15) is 10.2 Å². The molecule has 0 radical (unpaired) electrons. The number of ether oxygens (including phenoxy) is 1. The fourth-order valence-corrected chi connectivity index (χ4v) is 3.42. The van der Waals surface area contributed by atoms with Crippen LogP contribution in [0.1, 0.15) is 36.7 Å². The van der Waals surface area contributed by atoms with Crippen LogP contribution in [0, 0.1) is 6.92 Å². The summed E-state index contributed by atoms with van der Waals surface area (Å²) in [5, 5.41) is 26.6. The molecule has 2 heterocycles. The van der Waals surface area contributed by atoms with E-state index < -0.39 is 0 Å². The van der Waals surface area contributed by atoms with Gasteiger partial charge in [0.1, 0.15) is 11.4 Å². The van der Waals surface area contributed by atoms with Crippen LogP contribution in [0.2, 0.25) is 0 Å². The summed E-state index contributed by atoms with van der Waals surface area (Å²) in [5.41, 5.74) is 4.00. The highest BCUT2D eigenvalue weighted by Crippen LogP contribution is 2.25. The Bertz CT molecular complexity index is 973. The van der Waals surface area contributed by atoms with E-state index in [0.29, 0.717) is 12.2 Å². The van der Waals surface area contributed by atoms with Crippen molar-refractivity contribution >= 4 is 17.0 Å². The maximum absolute atomic E-state index is 10.3. The van der Waals surface area contributed by atoms with Crippen molar-refractivity contribution < 1.29 is 14.9 Å². The first-order valence-electron chi connectivity index (χ1n) is 10.9. The molecule has 0 unspecified atom stereocenters. The number of nitrogens with zero attached hydrogens (tertiary/aromatic N) is 3. The topological polar surface area (TPSA) is 104 Å². The smallest absolute Gasteiger partial charge is 0.204 e. The van der Waals surface area contributed by atoms with Gasteiger partial charge in [-0.1, -0.05) is 6.07 Å². The van der Waals surface area contributed by atoms with Gasteiger partial charge in [0.2, 0.25) is 5.95 Å². The average Bonchev–Trinajstić information content (AvgIpc) is 3.11. The number of nitrogens with one attached hydrogen (secondary N) is 2. The zero-order chi connectivity index (χ0) is 22.1. The molecule has 168 valence electrons. The summed E-state index contributed by atoms with van der Waals surface area (Å²) in [7, 11) is 0. The third-order valence-electron chi connectivity index (χ3n) is 5.05. The highest BCUT2D eigenvalue weighted by Gasteiger charge is 2.14. The summed E-state index contributed by atoms with van der Waals surface area (Å²) in [6, 6.07) is 9.19. The molecule has 0 fully saturated rings. The Morgan fingerprint density at radius 2 is 1.90 bits per heavy atom. The molecule has 0 aliphatic heterocycles. The Kier molecular flexibility index (Phi) is 8.63. The van der Waals surface area contributed by atoms with Crippen molar-refractivity contribution in [1.82, 2.24) is 19.9 Å². The van der Waals surface area contributed by atoms with Crippen LogP contribution in [0.25, 0.3) is 11.0 Å². The van der Waals surface area contributed by atoms with Gasteiger partial charge in [0.25, 0.3) is 0 Å². The molecule has 4 N–H and O–H groups in total. The first-order valence-corrected chi connectivity index (χ1v) is 10.9. The predicted molar refractivity (Wildman–Crippen MR) is 122 cm³/mol. The predicted octanol–water partition coefficient (Wildman–Crippen LogP) is 2.80. The zero-order valence-corrected chi connectivity index (χ0v) is 18.4. The second-order valence-corrected chi connectivity index (χ2v) is 7.50. The molecule has 31 heavy (non-hydrogen) atoms. The lowest BCUT2D eigenvalue weighted by Gasteiger charge is -2.12. The van der Waals surface area contributed by atoms with Gasteiger partial charge in [-0.25, -0.2) is 4.98 Å². The van der Waals surface area contributed by atoms with E-state index in [1.54, 1.807) is 12.1 Å². The van der Waals surface area contributed by atoms with Crippen LogP contribution in [0.15, 0.2) is 30.3 Å². The minimum atomic E-state index is -0.0270. The average molecular weight is 428 g/mol. The number of fused-ring (bicyclic) bond motifs is 1. The highest BCUT2D eigenvalue weighted by molar-refractivity contribution is 5.79. The first kappa shape index (κ1) is 23.0. The molecule has 3 aromatic rings. The van der Waals surface area contributed by atoms with Crippen LogP contribution in [-0.2, 0) is 17.9 Å². The molecule has 0 saturated carbocycles. The van der Waals surface area contributed by atoms with Crippen molar-refractivity contribution in [3.05, 3.63) is 47.3 Å². The number of aliphatic hydroxyl groups is 1. The maximum atomic E-state index is 10.3. The van der Waals surface area contributed by atoms with Gasteiger partial charge < -0.3 is 30.2 Å². The normalized spacial score (nSPS) is 11.3. The van der Waals surface area contributed by atoms with Crippen LogP contribution in [0.4, 0.5) is 5.95 Å². The molecule has 3 rings (SSSR count). The van der Waals surface area contributed by atoms with Crippen molar-refractivity contribution in [2.24, 2.45) is 0 Å². The molecule has 1 aromatic carbocycles. The zero-order valence-electron chi connectivity index (χ0n) is 18.4. The van der Waals surface area contributed by atoms with E-state index in [2.05, 4.69) is 15.6 Å². The fourth-order valence-electron chi connectivity index (χ4n) is 3.42. The number of pyridine rings is 1. The quantitative estimate of drug-likeness (QED) is 0.311. The first-order chi connectivity index (χ1) is 15.1. The molecule has 0 bridgehead atoms. The van der Waals surface area contributed by atoms with Gasteiger partial charge in [0.15, 0.2) is 0 Å². The van der Waals surface area contributed by atoms with E-state index in [-0.39, 0.29) is 12.4 Å². The monoisotopic (exact) mass is 427 g/mol. The molecule has 0 saturated heterocycles. The minimum Gasteiger partial charge on any atom is -0.506 e. The molecule has 2 aromatic heterocycles. The van der Waals surface area contributed by atoms with Gasteiger partial charge in [-0.15, -0.1) is 0 Å². The SMILES string of the molecule is CCOCCCNCCCNc1nc2cc(CO)ccc2n1Cc1nc(C)ccc1O. The van der Waals surface area contributed by atoms with E-state index in [4.69, 9.17) is 9.72 Å². The standard InChI is InChI=1S/C23H33N5O3/c1-3-31-13-5-11-24-10-4-12-25-23-27-19-14-18(16-29)7-8-21(19)28(23)15-20-22(30)9-6-17(2)26-20/h6-9,14,24,29-30H,3-5,10-13,15-16H2,1-2H3,(H,25,27). The van der Waals surface area contributed by atoms with Gasteiger partial charge in [-0.05, 0) is 69.6 Å². The van der Waals surface area contributed by atoms with Gasteiger partial charge in [0.05, 0.1) is 24.2 Å². The number of aliphatic hydroxyl groups excluding tert-OH is 1. The molecule has 0 spiro atoms. The van der Waals surface area contributed by atoms with Gasteiger partial charge in [0, 0.05) is 25.5 Å². The number of hydrogen-bond donors (Lipinski definition) is 4. The largest absolute Gasteiger partial charge is 0.506 e. The molecule has 8 nitrogen and oxygen atoms in total. The molecular weight excluding hydrogens is 394 g/mol. The van der Waals surface area contributed by atoms with Crippen LogP contribution < -0.4 is 10.6 Å². The van der Waals surface area contributed by atoms with Gasteiger partial charge >= 0.3 is 0 Å².